The summed E-state index contributed by atoms with van der Waals surface area (Å²) in [7, 11) is -3.59. The third kappa shape index (κ3) is 2.82. The summed E-state index contributed by atoms with van der Waals surface area (Å²) in [5.74, 6) is 0. The Kier molecular flexibility index (Phi) is 3.70. The molecule has 1 aliphatic rings. The number of anilines is 1. The maximum atomic E-state index is 12.2. The normalized spacial score (nSPS) is 14.8. The molecule has 0 atom stereocenters. The molecule has 20 heavy (non-hydrogen) atoms. The van der Waals surface area contributed by atoms with Crippen molar-refractivity contribution >= 4 is 38.1 Å². The zero-order chi connectivity index (χ0) is 14.2. The van der Waals surface area contributed by atoms with Gasteiger partial charge in [0.05, 0.1) is 10.6 Å². The molecule has 0 fully saturated rings. The molecule has 0 saturated heterocycles. The Bertz CT molecular complexity index is 700. The maximum absolute atomic E-state index is 12.2. The summed E-state index contributed by atoms with van der Waals surface area (Å²) >= 11 is 7.20. The van der Waals surface area contributed by atoms with Gasteiger partial charge < -0.3 is 0 Å². The van der Waals surface area contributed by atoms with Gasteiger partial charge in [-0.2, -0.15) is 0 Å². The van der Waals surface area contributed by atoms with E-state index in [0.717, 1.165) is 31.4 Å². The first-order chi connectivity index (χ1) is 9.54. The Morgan fingerprint density at radius 3 is 2.55 bits per heavy atom. The fourth-order valence-corrected chi connectivity index (χ4v) is 4.59. The number of rotatable bonds is 3. The zero-order valence-corrected chi connectivity index (χ0v) is 13.0. The van der Waals surface area contributed by atoms with E-state index < -0.39 is 10.0 Å². The van der Waals surface area contributed by atoms with Crippen LogP contribution in [0.5, 0.6) is 0 Å². The lowest BCUT2D eigenvalue weighted by molar-refractivity contribution is 0.601. The van der Waals surface area contributed by atoms with E-state index in [1.165, 1.54) is 28.3 Å². The van der Waals surface area contributed by atoms with Crippen LogP contribution in [0.2, 0.25) is 5.02 Å². The first kappa shape index (κ1) is 13.9. The van der Waals surface area contributed by atoms with Gasteiger partial charge in [0.1, 0.15) is 0 Å². The molecule has 106 valence electrons. The average molecular weight is 329 g/mol. The molecule has 4 nitrogen and oxygen atoms in total. The van der Waals surface area contributed by atoms with Gasteiger partial charge in [0.25, 0.3) is 10.0 Å². The highest BCUT2D eigenvalue weighted by Gasteiger charge is 2.20. The summed E-state index contributed by atoms with van der Waals surface area (Å²) in [5, 5.41) is 0.959. The SMILES string of the molecule is O=S(=O)(Nc1nc2c(s1)CCCC2)c1ccc(Cl)cc1. The van der Waals surface area contributed by atoms with Crippen molar-refractivity contribution in [2.45, 2.75) is 30.6 Å². The van der Waals surface area contributed by atoms with Gasteiger partial charge in [-0.1, -0.05) is 11.6 Å². The van der Waals surface area contributed by atoms with Crippen LogP contribution >= 0.6 is 22.9 Å². The first-order valence-electron chi connectivity index (χ1n) is 6.31. The van der Waals surface area contributed by atoms with Gasteiger partial charge in [-0.05, 0) is 49.9 Å². The van der Waals surface area contributed by atoms with E-state index in [1.807, 2.05) is 0 Å². The molecule has 1 aromatic carbocycles. The van der Waals surface area contributed by atoms with Crippen LogP contribution < -0.4 is 4.72 Å². The number of fused-ring (bicyclic) bond motifs is 1. The number of aromatic nitrogens is 1. The second-order valence-electron chi connectivity index (χ2n) is 4.66. The van der Waals surface area contributed by atoms with Crippen molar-refractivity contribution in [3.63, 3.8) is 0 Å². The fraction of sp³-hybridized carbons (Fsp3) is 0.308. The highest BCUT2D eigenvalue weighted by molar-refractivity contribution is 7.93. The van der Waals surface area contributed by atoms with E-state index in [-0.39, 0.29) is 4.90 Å². The standard InChI is InChI=1S/C13H13ClN2O2S2/c14-9-5-7-10(8-6-9)20(17,18)16-13-15-11-3-1-2-4-12(11)19-13/h5-8H,1-4H2,(H,15,16). The number of nitrogens with zero attached hydrogens (tertiary/aromatic N) is 1. The molecule has 0 amide bonds. The van der Waals surface area contributed by atoms with Crippen LogP contribution in [0.15, 0.2) is 29.2 Å². The van der Waals surface area contributed by atoms with Gasteiger partial charge in [0.2, 0.25) is 0 Å². The highest BCUT2D eigenvalue weighted by Crippen LogP contribution is 2.30. The number of thiazole rings is 1. The quantitative estimate of drug-likeness (QED) is 0.938. The number of benzene rings is 1. The lowest BCUT2D eigenvalue weighted by Crippen LogP contribution is -2.12. The third-order valence-corrected chi connectivity index (χ3v) is 6.00. The number of sulfonamides is 1. The monoisotopic (exact) mass is 328 g/mol. The molecule has 0 spiro atoms. The van der Waals surface area contributed by atoms with Gasteiger partial charge >= 0.3 is 0 Å². The summed E-state index contributed by atoms with van der Waals surface area (Å²) < 4.78 is 27.0. The molecule has 0 bridgehead atoms. The largest absolute Gasteiger partial charge is 0.263 e. The van der Waals surface area contributed by atoms with Crippen LogP contribution in [0.1, 0.15) is 23.4 Å². The van der Waals surface area contributed by atoms with Crippen LogP contribution in [-0.2, 0) is 22.9 Å². The second kappa shape index (κ2) is 5.35. The third-order valence-electron chi connectivity index (χ3n) is 3.19. The number of hydrogen-bond acceptors (Lipinski definition) is 4. The molecule has 0 radical (unpaired) electrons. The number of halogens is 1. The summed E-state index contributed by atoms with van der Waals surface area (Å²) in [6.07, 6.45) is 4.21. The van der Waals surface area contributed by atoms with Gasteiger partial charge in [0, 0.05) is 9.90 Å². The van der Waals surface area contributed by atoms with Crippen LogP contribution in [0.3, 0.4) is 0 Å². The van der Waals surface area contributed by atoms with E-state index in [9.17, 15) is 8.42 Å². The summed E-state index contributed by atoms with van der Waals surface area (Å²) in [6, 6.07) is 6.09. The minimum absolute atomic E-state index is 0.190. The predicted octanol–water partition coefficient (Wildman–Crippen LogP) is 3.48. The lowest BCUT2D eigenvalue weighted by atomic mass is 10.0. The van der Waals surface area contributed by atoms with Crippen LogP contribution in [0.4, 0.5) is 5.13 Å². The topological polar surface area (TPSA) is 59.1 Å². The summed E-state index contributed by atoms with van der Waals surface area (Å²) in [4.78, 5) is 5.77. The minimum Gasteiger partial charge on any atom is -0.255 e. The van der Waals surface area contributed by atoms with Gasteiger partial charge in [-0.15, -0.1) is 11.3 Å². The van der Waals surface area contributed by atoms with Crippen molar-refractivity contribution in [2.24, 2.45) is 0 Å². The second-order valence-corrected chi connectivity index (χ2v) is 7.86. The Morgan fingerprint density at radius 2 is 1.85 bits per heavy atom. The van der Waals surface area contributed by atoms with Crippen molar-refractivity contribution < 1.29 is 8.42 Å². The lowest BCUT2D eigenvalue weighted by Gasteiger charge is -2.06. The smallest absolute Gasteiger partial charge is 0.255 e. The molecular weight excluding hydrogens is 316 g/mol. The Morgan fingerprint density at radius 1 is 1.15 bits per heavy atom. The average Bonchev–Trinajstić information content (AvgIpc) is 2.80. The minimum atomic E-state index is -3.59. The van der Waals surface area contributed by atoms with Gasteiger partial charge in [0.15, 0.2) is 5.13 Å². The molecular formula is C13H13ClN2O2S2. The van der Waals surface area contributed by atoms with E-state index in [1.54, 1.807) is 12.1 Å². The van der Waals surface area contributed by atoms with Crippen molar-refractivity contribution in [2.75, 3.05) is 4.72 Å². The predicted molar refractivity (Wildman–Crippen MR) is 81.0 cm³/mol. The molecule has 3 rings (SSSR count). The van der Waals surface area contributed by atoms with E-state index in [4.69, 9.17) is 11.6 Å². The Labute approximate surface area is 126 Å². The fourth-order valence-electron chi connectivity index (χ4n) is 2.18. The Hall–Kier alpha value is -1.11. The molecule has 1 heterocycles. The molecule has 0 saturated carbocycles. The van der Waals surface area contributed by atoms with Crippen molar-refractivity contribution in [1.29, 1.82) is 0 Å². The van der Waals surface area contributed by atoms with Crippen LogP contribution in [0.25, 0.3) is 0 Å². The number of nitrogens with one attached hydrogen (secondary N) is 1. The van der Waals surface area contributed by atoms with Gasteiger partial charge in [-0.3, -0.25) is 4.72 Å². The van der Waals surface area contributed by atoms with Crippen LogP contribution in [0, 0.1) is 0 Å². The molecule has 2 aromatic rings. The number of hydrogen-bond donors (Lipinski definition) is 1. The number of aryl methyl sites for hydroxylation is 2. The molecule has 0 unspecified atom stereocenters. The van der Waals surface area contributed by atoms with Crippen molar-refractivity contribution in [1.82, 2.24) is 4.98 Å². The van der Waals surface area contributed by atoms with E-state index in [0.29, 0.717) is 10.2 Å². The van der Waals surface area contributed by atoms with Crippen LogP contribution in [-0.4, -0.2) is 13.4 Å². The summed E-state index contributed by atoms with van der Waals surface area (Å²) in [6.45, 7) is 0. The van der Waals surface area contributed by atoms with E-state index >= 15 is 0 Å². The molecule has 1 aromatic heterocycles. The van der Waals surface area contributed by atoms with Crippen molar-refractivity contribution in [3.05, 3.63) is 39.9 Å². The molecule has 1 aliphatic carbocycles. The van der Waals surface area contributed by atoms with Gasteiger partial charge in [-0.25, -0.2) is 13.4 Å². The van der Waals surface area contributed by atoms with E-state index in [2.05, 4.69) is 9.71 Å². The highest BCUT2D eigenvalue weighted by atomic mass is 35.5. The molecule has 1 N–H and O–H groups in total. The van der Waals surface area contributed by atoms with Crippen molar-refractivity contribution in [3.8, 4) is 0 Å². The molecule has 7 heteroatoms. The Balaban J connectivity index is 1.86. The maximum Gasteiger partial charge on any atom is 0.263 e. The first-order valence-corrected chi connectivity index (χ1v) is 8.99. The molecule has 0 aliphatic heterocycles. The summed E-state index contributed by atoms with van der Waals surface area (Å²) in [5.41, 5.74) is 1.04. The zero-order valence-electron chi connectivity index (χ0n) is 10.6.